The van der Waals surface area contributed by atoms with Crippen molar-refractivity contribution in [2.24, 2.45) is 0 Å². The first-order valence-electron chi connectivity index (χ1n) is 12.7. The summed E-state index contributed by atoms with van der Waals surface area (Å²) < 4.78 is 23.2. The molecule has 1 heterocycles. The van der Waals surface area contributed by atoms with Gasteiger partial charge in [-0.25, -0.2) is 4.79 Å². The third-order valence-electron chi connectivity index (χ3n) is 5.35. The predicted octanol–water partition coefficient (Wildman–Crippen LogP) is 7.83. The second-order valence-corrected chi connectivity index (χ2v) is 8.71. The van der Waals surface area contributed by atoms with Crippen molar-refractivity contribution in [1.29, 1.82) is 0 Å². The highest BCUT2D eigenvalue weighted by molar-refractivity contribution is 5.86. The minimum atomic E-state index is -0.532. The molecule has 0 aliphatic heterocycles. The van der Waals surface area contributed by atoms with Crippen molar-refractivity contribution in [1.82, 2.24) is 0 Å². The Morgan fingerprint density at radius 1 is 0.879 bits per heavy atom. The van der Waals surface area contributed by atoms with Gasteiger partial charge in [0, 0.05) is 6.07 Å². The summed E-state index contributed by atoms with van der Waals surface area (Å²) in [5.41, 5.74) is -0.0841. The molecule has 0 unspecified atom stereocenters. The lowest BCUT2D eigenvalue weighted by atomic mass is 10.1. The van der Waals surface area contributed by atoms with Gasteiger partial charge in [0.25, 0.3) is 0 Å². The van der Waals surface area contributed by atoms with Crippen molar-refractivity contribution in [3.8, 4) is 17.2 Å². The molecule has 0 spiro atoms. The molecule has 0 atom stereocenters. The molecule has 0 N–H and O–H groups in total. The van der Waals surface area contributed by atoms with Gasteiger partial charge in [-0.05, 0) is 45.2 Å². The Morgan fingerprint density at radius 2 is 1.61 bits per heavy atom. The summed E-state index contributed by atoms with van der Waals surface area (Å²) in [6, 6.07) is 5.55. The fourth-order valence-electron chi connectivity index (χ4n) is 3.65. The Labute approximate surface area is 199 Å². The number of rotatable bonds is 17. The molecule has 0 saturated heterocycles. The standard InChI is InChI=1S/C28H42O5/c1-5-7-9-11-12-13-14-16-19-30-23-17-18-24-25(21-23)33-28(29)27(32-22(3)4)26(24)31-20-15-10-8-6-2/h8,10,17-18,21-22H,5-7,9,11-16,19-20H2,1-4H3/b10-8+. The van der Waals surface area contributed by atoms with E-state index in [0.29, 0.717) is 35.7 Å². The molecule has 0 bridgehead atoms. The molecule has 0 amide bonds. The van der Waals surface area contributed by atoms with Crippen LogP contribution in [0.1, 0.15) is 91.9 Å². The lowest BCUT2D eigenvalue weighted by Crippen LogP contribution is -2.15. The molecule has 0 aliphatic carbocycles. The van der Waals surface area contributed by atoms with Crippen LogP contribution < -0.4 is 19.8 Å². The lowest BCUT2D eigenvalue weighted by Gasteiger charge is -2.15. The highest BCUT2D eigenvalue weighted by Gasteiger charge is 2.19. The van der Waals surface area contributed by atoms with Gasteiger partial charge >= 0.3 is 5.63 Å². The van der Waals surface area contributed by atoms with E-state index in [0.717, 1.165) is 19.3 Å². The molecule has 33 heavy (non-hydrogen) atoms. The van der Waals surface area contributed by atoms with Gasteiger partial charge in [-0.3, -0.25) is 0 Å². The van der Waals surface area contributed by atoms with Gasteiger partial charge in [0.05, 0.1) is 24.7 Å². The molecule has 0 radical (unpaired) electrons. The summed E-state index contributed by atoms with van der Waals surface area (Å²) in [4.78, 5) is 12.6. The van der Waals surface area contributed by atoms with Gasteiger partial charge in [-0.15, -0.1) is 0 Å². The normalized spacial score (nSPS) is 11.5. The van der Waals surface area contributed by atoms with Gasteiger partial charge in [0.15, 0.2) is 5.75 Å². The van der Waals surface area contributed by atoms with Gasteiger partial charge in [-0.2, -0.15) is 0 Å². The first-order chi connectivity index (χ1) is 16.1. The zero-order valence-corrected chi connectivity index (χ0v) is 21.0. The molecule has 2 aromatic rings. The molecule has 1 aromatic heterocycles. The van der Waals surface area contributed by atoms with E-state index in [1.54, 1.807) is 6.07 Å². The second kappa shape index (κ2) is 15.4. The van der Waals surface area contributed by atoms with Crippen LogP contribution in [0, 0.1) is 0 Å². The maximum atomic E-state index is 12.6. The van der Waals surface area contributed by atoms with Crippen LogP contribution >= 0.6 is 0 Å². The van der Waals surface area contributed by atoms with Crippen LogP contribution in [0.2, 0.25) is 0 Å². The topological polar surface area (TPSA) is 57.9 Å². The van der Waals surface area contributed by atoms with Crippen molar-refractivity contribution < 1.29 is 18.6 Å². The number of hydrogen-bond acceptors (Lipinski definition) is 5. The van der Waals surface area contributed by atoms with Crippen LogP contribution in [-0.2, 0) is 0 Å². The smallest absolute Gasteiger partial charge is 0.383 e. The zero-order valence-electron chi connectivity index (χ0n) is 21.0. The van der Waals surface area contributed by atoms with E-state index in [1.165, 1.54) is 44.9 Å². The van der Waals surface area contributed by atoms with Crippen molar-refractivity contribution >= 4 is 11.0 Å². The summed E-state index contributed by atoms with van der Waals surface area (Å²) in [7, 11) is 0. The Hall–Kier alpha value is -2.43. The van der Waals surface area contributed by atoms with Crippen molar-refractivity contribution in [2.75, 3.05) is 13.2 Å². The van der Waals surface area contributed by atoms with E-state index in [1.807, 2.05) is 26.0 Å². The Kier molecular flexibility index (Phi) is 12.5. The highest BCUT2D eigenvalue weighted by Crippen LogP contribution is 2.35. The first kappa shape index (κ1) is 26.8. The monoisotopic (exact) mass is 458 g/mol. The highest BCUT2D eigenvalue weighted by atomic mass is 16.5. The fraction of sp³-hybridized carbons (Fsp3) is 0.607. The van der Waals surface area contributed by atoms with Gasteiger partial charge in [0.2, 0.25) is 5.75 Å². The summed E-state index contributed by atoms with van der Waals surface area (Å²) in [6.07, 6.45) is 15.8. The SMILES string of the molecule is CC/C=C/CCOc1c(OC(C)C)c(=O)oc2cc(OCCCCCCCCCC)ccc12. The van der Waals surface area contributed by atoms with Crippen LogP contribution in [0.25, 0.3) is 11.0 Å². The van der Waals surface area contributed by atoms with E-state index < -0.39 is 5.63 Å². The summed E-state index contributed by atoms with van der Waals surface area (Å²) in [6.45, 7) is 9.20. The molecule has 5 nitrogen and oxygen atoms in total. The predicted molar refractivity (Wildman–Crippen MR) is 136 cm³/mol. The molecule has 1 aromatic carbocycles. The van der Waals surface area contributed by atoms with E-state index in [9.17, 15) is 4.79 Å². The molecule has 0 fully saturated rings. The summed E-state index contributed by atoms with van der Waals surface area (Å²) in [5, 5.41) is 0.712. The third kappa shape index (κ3) is 9.53. The number of allylic oxidation sites excluding steroid dienone is 1. The Bertz CT molecular complexity index is 897. The lowest BCUT2D eigenvalue weighted by molar-refractivity contribution is 0.212. The Morgan fingerprint density at radius 3 is 2.30 bits per heavy atom. The quantitative estimate of drug-likeness (QED) is 0.137. The first-order valence-corrected chi connectivity index (χ1v) is 12.7. The minimum absolute atomic E-state index is 0.129. The number of benzene rings is 1. The van der Waals surface area contributed by atoms with Gasteiger partial charge in [-0.1, -0.05) is 70.9 Å². The number of unbranched alkanes of at least 4 members (excludes halogenated alkanes) is 7. The summed E-state index contributed by atoms with van der Waals surface area (Å²) in [5.74, 6) is 1.27. The largest absolute Gasteiger partial charge is 0.493 e. The maximum Gasteiger partial charge on any atom is 0.383 e. The molecule has 184 valence electrons. The fourth-order valence-corrected chi connectivity index (χ4v) is 3.65. The molecular weight excluding hydrogens is 416 g/mol. The molecule has 0 aliphatic rings. The summed E-state index contributed by atoms with van der Waals surface area (Å²) >= 11 is 0. The van der Waals surface area contributed by atoms with Crippen molar-refractivity contribution in [2.45, 2.75) is 98.0 Å². The van der Waals surface area contributed by atoms with Crippen molar-refractivity contribution in [3.05, 3.63) is 40.8 Å². The van der Waals surface area contributed by atoms with Crippen LogP contribution in [0.5, 0.6) is 17.2 Å². The number of fused-ring (bicyclic) bond motifs is 1. The molecule has 0 saturated carbocycles. The van der Waals surface area contributed by atoms with Gasteiger partial charge in [0.1, 0.15) is 11.3 Å². The second-order valence-electron chi connectivity index (χ2n) is 8.71. The van der Waals surface area contributed by atoms with Gasteiger partial charge < -0.3 is 18.6 Å². The molecule has 5 heteroatoms. The average Bonchev–Trinajstić information content (AvgIpc) is 2.79. The van der Waals surface area contributed by atoms with Crippen LogP contribution in [0.15, 0.2) is 39.6 Å². The van der Waals surface area contributed by atoms with Crippen LogP contribution in [0.4, 0.5) is 0 Å². The zero-order chi connectivity index (χ0) is 23.9. The third-order valence-corrected chi connectivity index (χ3v) is 5.35. The number of hydrogen-bond donors (Lipinski definition) is 0. The van der Waals surface area contributed by atoms with E-state index in [2.05, 4.69) is 26.0 Å². The molecular formula is C28H42O5. The van der Waals surface area contributed by atoms with Crippen LogP contribution in [0.3, 0.4) is 0 Å². The van der Waals surface area contributed by atoms with Crippen molar-refractivity contribution in [3.63, 3.8) is 0 Å². The maximum absolute atomic E-state index is 12.6. The average molecular weight is 459 g/mol. The number of ether oxygens (including phenoxy) is 3. The molecule has 2 rings (SSSR count). The van der Waals surface area contributed by atoms with Crippen LogP contribution in [-0.4, -0.2) is 19.3 Å². The minimum Gasteiger partial charge on any atom is -0.493 e. The van der Waals surface area contributed by atoms with E-state index in [4.69, 9.17) is 18.6 Å². The Balaban J connectivity index is 2.02. The van der Waals surface area contributed by atoms with E-state index >= 15 is 0 Å². The van der Waals surface area contributed by atoms with E-state index in [-0.39, 0.29) is 11.9 Å².